The highest BCUT2D eigenvalue weighted by atomic mass is 35.5. The van der Waals surface area contributed by atoms with Crippen molar-refractivity contribution in [3.8, 4) is 5.75 Å². The molecule has 1 saturated heterocycles. The van der Waals surface area contributed by atoms with Crippen LogP contribution in [-0.4, -0.2) is 33.2 Å². The Kier molecular flexibility index (Phi) is 3.50. The molecule has 7 heteroatoms. The number of hydrogen-bond acceptors (Lipinski definition) is 4. The number of aromatic hydroxyl groups is 1. The van der Waals surface area contributed by atoms with Gasteiger partial charge in [-0.25, -0.2) is 0 Å². The first-order valence-electron chi connectivity index (χ1n) is 6.18. The van der Waals surface area contributed by atoms with Crippen LogP contribution < -0.4 is 4.90 Å². The Morgan fingerprint density at radius 1 is 1.35 bits per heavy atom. The molecule has 2 heterocycles. The number of hydrogen-bond donors (Lipinski definition) is 3. The Balaban J connectivity index is 1.92. The van der Waals surface area contributed by atoms with Crippen LogP contribution in [0.15, 0.2) is 24.5 Å². The maximum absolute atomic E-state index is 10.2. The van der Waals surface area contributed by atoms with Gasteiger partial charge in [-0.2, -0.15) is 5.10 Å². The van der Waals surface area contributed by atoms with Gasteiger partial charge in [0.2, 0.25) is 0 Å². The zero-order chi connectivity index (χ0) is 14.3. The summed E-state index contributed by atoms with van der Waals surface area (Å²) in [5, 5.41) is 27.5. The highest BCUT2D eigenvalue weighted by molar-refractivity contribution is 6.42. The molecule has 2 atom stereocenters. The molecule has 3 rings (SSSR count). The first kappa shape index (κ1) is 13.5. The van der Waals surface area contributed by atoms with E-state index >= 15 is 0 Å². The number of aliphatic hydroxyl groups is 1. The second kappa shape index (κ2) is 5.16. The SMILES string of the molecule is Oc1ccc(Cl)c(Cl)c1[C@@H]1CC(O)N(c2cn[nH]c2)C1. The number of nitrogens with one attached hydrogen (secondary N) is 1. The van der Waals surface area contributed by atoms with Crippen LogP contribution in [0.3, 0.4) is 0 Å². The third kappa shape index (κ3) is 2.22. The molecule has 0 aliphatic carbocycles. The van der Waals surface area contributed by atoms with Crippen molar-refractivity contribution >= 4 is 28.9 Å². The normalized spacial score (nSPS) is 22.4. The second-order valence-corrected chi connectivity index (χ2v) is 5.60. The van der Waals surface area contributed by atoms with Crippen molar-refractivity contribution < 1.29 is 10.2 Å². The van der Waals surface area contributed by atoms with Gasteiger partial charge in [-0.05, 0) is 12.1 Å². The van der Waals surface area contributed by atoms with Crippen molar-refractivity contribution in [3.05, 3.63) is 40.1 Å². The quantitative estimate of drug-likeness (QED) is 0.797. The fourth-order valence-electron chi connectivity index (χ4n) is 2.65. The Bertz CT molecular complexity index is 618. The van der Waals surface area contributed by atoms with Gasteiger partial charge in [0.1, 0.15) is 12.0 Å². The summed E-state index contributed by atoms with van der Waals surface area (Å²) >= 11 is 12.2. The maximum Gasteiger partial charge on any atom is 0.127 e. The van der Waals surface area contributed by atoms with Gasteiger partial charge in [0, 0.05) is 30.6 Å². The van der Waals surface area contributed by atoms with Gasteiger partial charge >= 0.3 is 0 Å². The molecule has 1 aliphatic rings. The maximum atomic E-state index is 10.2. The number of halogens is 2. The molecule has 0 saturated carbocycles. The lowest BCUT2D eigenvalue weighted by Gasteiger charge is -2.20. The summed E-state index contributed by atoms with van der Waals surface area (Å²) in [6.07, 6.45) is 3.18. The minimum absolute atomic E-state index is 0.0916. The highest BCUT2D eigenvalue weighted by Crippen LogP contribution is 2.43. The van der Waals surface area contributed by atoms with Crippen molar-refractivity contribution in [1.82, 2.24) is 10.2 Å². The van der Waals surface area contributed by atoms with Gasteiger partial charge in [-0.3, -0.25) is 5.10 Å². The molecule has 106 valence electrons. The van der Waals surface area contributed by atoms with Gasteiger partial charge in [0.25, 0.3) is 0 Å². The Hall–Kier alpha value is -1.43. The lowest BCUT2D eigenvalue weighted by atomic mass is 9.97. The number of phenols is 1. The molecule has 1 unspecified atom stereocenters. The number of aromatic nitrogens is 2. The minimum Gasteiger partial charge on any atom is -0.508 e. The first-order valence-corrected chi connectivity index (χ1v) is 6.94. The number of anilines is 1. The third-order valence-corrected chi connectivity index (χ3v) is 4.42. The summed E-state index contributed by atoms with van der Waals surface area (Å²) in [6.45, 7) is 0.536. The molecule has 0 radical (unpaired) electrons. The highest BCUT2D eigenvalue weighted by Gasteiger charge is 2.35. The van der Waals surface area contributed by atoms with Crippen molar-refractivity contribution in [2.75, 3.05) is 11.4 Å². The molecule has 5 nitrogen and oxygen atoms in total. The number of phenolic OH excluding ortho intramolecular Hbond substituents is 1. The zero-order valence-corrected chi connectivity index (χ0v) is 11.9. The lowest BCUT2D eigenvalue weighted by Crippen LogP contribution is -2.28. The largest absolute Gasteiger partial charge is 0.508 e. The Labute approximate surface area is 125 Å². The summed E-state index contributed by atoms with van der Waals surface area (Å²) in [5.74, 6) is 0.0109. The fraction of sp³-hybridized carbons (Fsp3) is 0.308. The Morgan fingerprint density at radius 3 is 2.85 bits per heavy atom. The van der Waals surface area contributed by atoms with E-state index in [0.29, 0.717) is 28.6 Å². The molecule has 20 heavy (non-hydrogen) atoms. The van der Waals surface area contributed by atoms with E-state index in [1.165, 1.54) is 6.07 Å². The van der Waals surface area contributed by atoms with Gasteiger partial charge in [-0.1, -0.05) is 23.2 Å². The molecule has 1 aliphatic heterocycles. The van der Waals surface area contributed by atoms with E-state index in [2.05, 4.69) is 10.2 Å². The number of nitrogens with zero attached hydrogens (tertiary/aromatic N) is 2. The summed E-state index contributed by atoms with van der Waals surface area (Å²) in [7, 11) is 0. The fourth-order valence-corrected chi connectivity index (χ4v) is 3.13. The summed E-state index contributed by atoms with van der Waals surface area (Å²) in [6, 6.07) is 3.08. The molecule has 1 aromatic carbocycles. The molecule has 1 aromatic heterocycles. The lowest BCUT2D eigenvalue weighted by molar-refractivity contribution is 0.183. The average molecular weight is 314 g/mol. The van der Waals surface area contributed by atoms with E-state index in [1.807, 2.05) is 4.90 Å². The predicted octanol–water partition coefficient (Wildman–Crippen LogP) is 2.73. The van der Waals surface area contributed by atoms with Crippen molar-refractivity contribution in [1.29, 1.82) is 0 Å². The van der Waals surface area contributed by atoms with Gasteiger partial charge < -0.3 is 15.1 Å². The predicted molar refractivity (Wildman–Crippen MR) is 77.4 cm³/mol. The zero-order valence-electron chi connectivity index (χ0n) is 10.4. The van der Waals surface area contributed by atoms with Crippen LogP contribution in [0.4, 0.5) is 5.69 Å². The van der Waals surface area contributed by atoms with Crippen LogP contribution in [0.2, 0.25) is 10.0 Å². The summed E-state index contributed by atoms with van der Waals surface area (Å²) in [5.41, 5.74) is 1.39. The Morgan fingerprint density at radius 2 is 2.15 bits per heavy atom. The molecular weight excluding hydrogens is 301 g/mol. The minimum atomic E-state index is -0.646. The van der Waals surface area contributed by atoms with Crippen molar-refractivity contribution in [3.63, 3.8) is 0 Å². The second-order valence-electron chi connectivity index (χ2n) is 4.82. The monoisotopic (exact) mass is 313 g/mol. The average Bonchev–Trinajstić information content (AvgIpc) is 3.04. The van der Waals surface area contributed by atoms with E-state index in [9.17, 15) is 10.2 Å². The molecule has 1 fully saturated rings. The van der Waals surface area contributed by atoms with Crippen LogP contribution in [0.1, 0.15) is 17.9 Å². The van der Waals surface area contributed by atoms with E-state index in [0.717, 1.165) is 5.69 Å². The van der Waals surface area contributed by atoms with Crippen LogP contribution in [0, 0.1) is 0 Å². The molecule has 3 N–H and O–H groups in total. The molecule has 0 amide bonds. The van der Waals surface area contributed by atoms with Gasteiger partial charge in [-0.15, -0.1) is 0 Å². The summed E-state index contributed by atoms with van der Waals surface area (Å²) in [4.78, 5) is 1.81. The number of aliphatic hydroxyl groups excluding tert-OH is 1. The summed E-state index contributed by atoms with van der Waals surface area (Å²) < 4.78 is 0. The van der Waals surface area contributed by atoms with E-state index in [1.54, 1.807) is 18.5 Å². The number of rotatable bonds is 2. The first-order chi connectivity index (χ1) is 9.58. The van der Waals surface area contributed by atoms with Crippen LogP contribution in [0.25, 0.3) is 0 Å². The number of aromatic amines is 1. The molecule has 0 spiro atoms. The van der Waals surface area contributed by atoms with Gasteiger partial charge in [0.05, 0.1) is 21.9 Å². The van der Waals surface area contributed by atoms with E-state index in [-0.39, 0.29) is 11.7 Å². The number of benzene rings is 1. The molecular formula is C13H13Cl2N3O2. The van der Waals surface area contributed by atoms with Crippen LogP contribution >= 0.6 is 23.2 Å². The van der Waals surface area contributed by atoms with E-state index < -0.39 is 6.23 Å². The molecule has 0 bridgehead atoms. The van der Waals surface area contributed by atoms with Gasteiger partial charge in [0.15, 0.2) is 0 Å². The van der Waals surface area contributed by atoms with Crippen LogP contribution in [-0.2, 0) is 0 Å². The smallest absolute Gasteiger partial charge is 0.127 e. The topological polar surface area (TPSA) is 72.4 Å². The van der Waals surface area contributed by atoms with Crippen LogP contribution in [0.5, 0.6) is 5.75 Å². The van der Waals surface area contributed by atoms with Crippen molar-refractivity contribution in [2.45, 2.75) is 18.6 Å². The number of H-pyrrole nitrogens is 1. The molecule has 2 aromatic rings. The standard InChI is InChI=1S/C13H13Cl2N3O2/c14-9-1-2-10(19)12(13(9)15)7-3-11(20)18(6-7)8-4-16-17-5-8/h1-2,4-5,7,11,19-20H,3,6H2,(H,16,17)/t7-,11?/m1/s1. The third-order valence-electron chi connectivity index (χ3n) is 3.61. The van der Waals surface area contributed by atoms with E-state index in [4.69, 9.17) is 23.2 Å². The van der Waals surface area contributed by atoms with Crippen molar-refractivity contribution in [2.24, 2.45) is 0 Å².